The Morgan fingerprint density at radius 1 is 1.41 bits per heavy atom. The topological polar surface area (TPSA) is 151 Å². The molecule has 4 N–H and O–H groups in total. The van der Waals surface area contributed by atoms with E-state index in [0.29, 0.717) is 29.9 Å². The zero-order valence-electron chi connectivity index (χ0n) is 15.4. The van der Waals surface area contributed by atoms with E-state index in [4.69, 9.17) is 24.3 Å². The van der Waals surface area contributed by atoms with Gasteiger partial charge in [0.2, 0.25) is 0 Å². The number of aliphatic hydroxyl groups is 2. The monoisotopic (exact) mass is 446 g/mol. The minimum atomic E-state index is -3.77. The molecule has 2 aliphatic heterocycles. The molecule has 6 atom stereocenters. The number of nitrogens with zero attached hydrogens (tertiary/aromatic N) is 3. The number of hydrogen-bond acceptors (Lipinski definition) is 10. The van der Waals surface area contributed by atoms with Crippen LogP contribution in [-0.2, 0) is 23.1 Å². The average molecular weight is 446 g/mol. The average Bonchev–Trinajstić information content (AvgIpc) is 3.38. The Balaban J connectivity index is 1.43. The molecule has 29 heavy (non-hydrogen) atoms. The Kier molecular flexibility index (Phi) is 6.14. The predicted molar refractivity (Wildman–Crippen MR) is 105 cm³/mol. The van der Waals surface area contributed by atoms with Crippen molar-refractivity contribution in [2.75, 3.05) is 25.6 Å². The van der Waals surface area contributed by atoms with Gasteiger partial charge in [0, 0.05) is 19.2 Å². The molecule has 0 spiro atoms. The molecule has 160 valence electrons. The van der Waals surface area contributed by atoms with Gasteiger partial charge in [0.05, 0.1) is 24.7 Å². The van der Waals surface area contributed by atoms with Crippen molar-refractivity contribution in [3.05, 3.63) is 18.6 Å². The van der Waals surface area contributed by atoms with E-state index in [1.165, 1.54) is 6.33 Å². The molecule has 4 heterocycles. The van der Waals surface area contributed by atoms with E-state index in [2.05, 4.69) is 22.2 Å². The van der Waals surface area contributed by atoms with E-state index < -0.39 is 37.4 Å². The van der Waals surface area contributed by atoms with Gasteiger partial charge in [-0.05, 0) is 12.5 Å². The van der Waals surface area contributed by atoms with Gasteiger partial charge in [-0.3, -0.25) is 9.05 Å². The Bertz CT molecular complexity index is 915. The van der Waals surface area contributed by atoms with Gasteiger partial charge < -0.3 is 30.0 Å². The third-order valence-corrected chi connectivity index (χ3v) is 6.70. The lowest BCUT2D eigenvalue weighted by Gasteiger charge is -2.22. The third kappa shape index (κ3) is 4.44. The highest BCUT2D eigenvalue weighted by atomic mass is 32.7. The highest BCUT2D eigenvalue weighted by Gasteiger charge is 2.41. The molecule has 0 radical (unpaired) electrons. The first-order valence-corrected chi connectivity index (χ1v) is 11.9. The molecule has 11 nitrogen and oxygen atoms in total. The second-order valence-electron chi connectivity index (χ2n) is 6.94. The molecular weight excluding hydrogens is 423 g/mol. The van der Waals surface area contributed by atoms with E-state index >= 15 is 0 Å². The van der Waals surface area contributed by atoms with E-state index in [0.717, 1.165) is 0 Å². The van der Waals surface area contributed by atoms with Crippen molar-refractivity contribution in [3.8, 4) is 0 Å². The SMILES string of the molecule is Nc1ncnc2c1ccn2[C@H]1CC(OP(=O)(S)OC[C@H]2OCCC2O)[C@@H](CO)O1. The van der Waals surface area contributed by atoms with Gasteiger partial charge in [-0.15, -0.1) is 0 Å². The zero-order chi connectivity index (χ0) is 20.6. The van der Waals surface area contributed by atoms with Crippen molar-refractivity contribution in [2.24, 2.45) is 0 Å². The fourth-order valence-corrected chi connectivity index (χ4v) is 5.06. The summed E-state index contributed by atoms with van der Waals surface area (Å²) in [5.74, 6) is 0.350. The van der Waals surface area contributed by atoms with Crippen LogP contribution in [0.2, 0.25) is 0 Å². The maximum atomic E-state index is 12.6. The molecule has 0 aliphatic carbocycles. The summed E-state index contributed by atoms with van der Waals surface area (Å²) in [4.78, 5) is 8.19. The van der Waals surface area contributed by atoms with Crippen LogP contribution in [0.1, 0.15) is 19.1 Å². The predicted octanol–water partition coefficient (Wildman–Crippen LogP) is 0.883. The highest BCUT2D eigenvalue weighted by molar-refractivity contribution is 8.44. The summed E-state index contributed by atoms with van der Waals surface area (Å²) < 4.78 is 36.4. The largest absolute Gasteiger partial charge is 0.394 e. The summed E-state index contributed by atoms with van der Waals surface area (Å²) in [5, 5.41) is 20.1. The van der Waals surface area contributed by atoms with Crippen LogP contribution in [0, 0.1) is 0 Å². The molecule has 2 aromatic heterocycles. The quantitative estimate of drug-likeness (QED) is 0.356. The number of nitrogens with two attached hydrogens (primary N) is 1. The van der Waals surface area contributed by atoms with Crippen LogP contribution >= 0.6 is 19.0 Å². The molecular formula is C16H23N4O7PS. The molecule has 2 saturated heterocycles. The first-order valence-electron chi connectivity index (χ1n) is 9.16. The Hall–Kier alpha value is -1.24. The van der Waals surface area contributed by atoms with Crippen molar-refractivity contribution < 1.29 is 33.3 Å². The number of rotatable bonds is 7. The molecule has 2 aromatic rings. The second kappa shape index (κ2) is 8.48. The van der Waals surface area contributed by atoms with E-state index in [1.54, 1.807) is 16.8 Å². The first kappa shape index (κ1) is 21.0. The van der Waals surface area contributed by atoms with Gasteiger partial charge >= 0.3 is 6.80 Å². The number of anilines is 1. The molecule has 13 heteroatoms. The molecule has 0 saturated carbocycles. The summed E-state index contributed by atoms with van der Waals surface area (Å²) in [5.41, 5.74) is 6.45. The number of fused-ring (bicyclic) bond motifs is 1. The number of hydrogen-bond donors (Lipinski definition) is 4. The van der Waals surface area contributed by atoms with Crippen LogP contribution in [0.4, 0.5) is 5.82 Å². The minimum Gasteiger partial charge on any atom is -0.394 e. The third-order valence-electron chi connectivity index (χ3n) is 5.06. The van der Waals surface area contributed by atoms with E-state index in [1.807, 2.05) is 0 Å². The van der Waals surface area contributed by atoms with Crippen molar-refractivity contribution in [1.29, 1.82) is 0 Å². The van der Waals surface area contributed by atoms with Gasteiger partial charge in [0.15, 0.2) is 0 Å². The van der Waals surface area contributed by atoms with E-state index in [-0.39, 0.29) is 19.6 Å². The molecule has 2 aliphatic rings. The number of ether oxygens (including phenoxy) is 2. The van der Waals surface area contributed by atoms with Gasteiger partial charge in [-0.25, -0.2) is 14.5 Å². The normalized spacial score (nSPS) is 32.0. The Morgan fingerprint density at radius 3 is 2.97 bits per heavy atom. The zero-order valence-corrected chi connectivity index (χ0v) is 17.2. The van der Waals surface area contributed by atoms with Crippen molar-refractivity contribution >= 4 is 35.9 Å². The number of nitrogen functional groups attached to an aromatic ring is 1. The molecule has 0 bridgehead atoms. The fourth-order valence-electron chi connectivity index (χ4n) is 3.53. The van der Waals surface area contributed by atoms with Gasteiger partial charge in [-0.1, -0.05) is 12.2 Å². The smallest absolute Gasteiger partial charge is 0.386 e. The van der Waals surface area contributed by atoms with Gasteiger partial charge in [-0.2, -0.15) is 0 Å². The molecule has 0 aromatic carbocycles. The maximum Gasteiger partial charge on any atom is 0.386 e. The number of aromatic nitrogens is 3. The highest BCUT2D eigenvalue weighted by Crippen LogP contribution is 2.56. The Labute approximate surface area is 171 Å². The lowest BCUT2D eigenvalue weighted by molar-refractivity contribution is -0.0417. The standard InChI is InChI=1S/C16H23N4O7PS/c17-15-9-1-3-20(16(9)19-8-18-15)14-5-11(12(6-21)26-14)27-28(23,29)25-7-13-10(22)2-4-24-13/h1,3,8,10-14,21-22H,2,4-7H2,(H,23,29)(H2,17,18,19)/t10?,11?,12-,13-,14-,28?/m1/s1. The summed E-state index contributed by atoms with van der Waals surface area (Å²) in [6.45, 7) is -3.81. The lowest BCUT2D eigenvalue weighted by Crippen LogP contribution is -2.28. The van der Waals surface area contributed by atoms with Crippen LogP contribution < -0.4 is 5.73 Å². The summed E-state index contributed by atoms with van der Waals surface area (Å²) in [6.07, 6.45) is 0.680. The fraction of sp³-hybridized carbons (Fsp3) is 0.625. The number of aliphatic hydroxyl groups excluding tert-OH is 2. The van der Waals surface area contributed by atoms with Crippen molar-refractivity contribution in [2.45, 2.75) is 43.5 Å². The van der Waals surface area contributed by atoms with Crippen molar-refractivity contribution in [3.63, 3.8) is 0 Å². The molecule has 0 amide bonds. The first-order chi connectivity index (χ1) is 13.9. The van der Waals surface area contributed by atoms with Crippen LogP contribution in [0.3, 0.4) is 0 Å². The van der Waals surface area contributed by atoms with Gasteiger partial charge in [0.1, 0.15) is 42.3 Å². The maximum absolute atomic E-state index is 12.6. The van der Waals surface area contributed by atoms with Crippen LogP contribution in [0.25, 0.3) is 11.0 Å². The summed E-state index contributed by atoms with van der Waals surface area (Å²) >= 11 is 4.01. The lowest BCUT2D eigenvalue weighted by atomic mass is 10.2. The number of thiol groups is 1. The van der Waals surface area contributed by atoms with Crippen molar-refractivity contribution in [1.82, 2.24) is 14.5 Å². The van der Waals surface area contributed by atoms with Crippen LogP contribution in [0.5, 0.6) is 0 Å². The molecule has 3 unspecified atom stereocenters. The van der Waals surface area contributed by atoms with E-state index in [9.17, 15) is 14.8 Å². The summed E-state index contributed by atoms with van der Waals surface area (Å²) in [7, 11) is 0. The molecule has 4 rings (SSSR count). The van der Waals surface area contributed by atoms with Crippen LogP contribution in [-0.4, -0.2) is 69.0 Å². The summed E-state index contributed by atoms with van der Waals surface area (Å²) in [6, 6.07) is 1.77. The Morgan fingerprint density at radius 2 is 2.24 bits per heavy atom. The van der Waals surface area contributed by atoms with Gasteiger partial charge in [0.25, 0.3) is 0 Å². The van der Waals surface area contributed by atoms with Crippen LogP contribution in [0.15, 0.2) is 18.6 Å². The molecule has 2 fully saturated rings. The minimum absolute atomic E-state index is 0.110. The second-order valence-corrected chi connectivity index (χ2v) is 9.82.